The van der Waals surface area contributed by atoms with Gasteiger partial charge in [0.1, 0.15) is 0 Å². The first-order valence-electron chi connectivity index (χ1n) is 8.67. The number of nitrogens with one attached hydrogen (secondary N) is 3. The Morgan fingerprint density at radius 3 is 2.15 bits per heavy atom. The lowest BCUT2D eigenvalue weighted by Gasteiger charge is -2.14. The zero-order chi connectivity index (χ0) is 19.4. The van der Waals surface area contributed by atoms with E-state index in [0.29, 0.717) is 42.8 Å². The molecule has 0 atom stereocenters. The van der Waals surface area contributed by atoms with Crippen LogP contribution in [0.25, 0.3) is 0 Å². The molecule has 0 bridgehead atoms. The third-order valence-electron chi connectivity index (χ3n) is 3.48. The van der Waals surface area contributed by atoms with Gasteiger partial charge in [-0.05, 0) is 31.0 Å². The number of methoxy groups -OCH3 is 3. The fourth-order valence-corrected chi connectivity index (χ4v) is 2.23. The van der Waals surface area contributed by atoms with Crippen LogP contribution in [0.1, 0.15) is 25.8 Å². The van der Waals surface area contributed by atoms with E-state index in [1.807, 2.05) is 26.0 Å². The second-order valence-electron chi connectivity index (χ2n) is 5.43. The van der Waals surface area contributed by atoms with Gasteiger partial charge in [0, 0.05) is 13.1 Å². The molecule has 8 heteroatoms. The Kier molecular flexibility index (Phi) is 9.74. The molecular weight excluding hydrogens is 336 g/mol. The number of hydrogen-bond donors (Lipinski definition) is 3. The molecule has 0 fully saturated rings. The highest BCUT2D eigenvalue weighted by Crippen LogP contribution is 2.38. The lowest BCUT2D eigenvalue weighted by molar-refractivity contribution is -0.120. The SMILES string of the molecule is CCCNC(=O)CNC(=NCc1cc(OC)c(OC)c(OC)c1)NCC. The number of nitrogens with zero attached hydrogens (tertiary/aromatic N) is 1. The Morgan fingerprint density at radius 1 is 1.00 bits per heavy atom. The van der Waals surface area contributed by atoms with Crippen LogP contribution >= 0.6 is 0 Å². The van der Waals surface area contributed by atoms with E-state index in [2.05, 4.69) is 20.9 Å². The van der Waals surface area contributed by atoms with Gasteiger partial charge in [0.2, 0.25) is 11.7 Å². The summed E-state index contributed by atoms with van der Waals surface area (Å²) < 4.78 is 16.0. The van der Waals surface area contributed by atoms with Gasteiger partial charge in [0.25, 0.3) is 0 Å². The number of rotatable bonds is 10. The maximum absolute atomic E-state index is 11.7. The highest BCUT2D eigenvalue weighted by molar-refractivity contribution is 5.86. The van der Waals surface area contributed by atoms with Crippen molar-refractivity contribution < 1.29 is 19.0 Å². The van der Waals surface area contributed by atoms with Gasteiger partial charge in [-0.1, -0.05) is 6.92 Å². The average molecular weight is 366 g/mol. The van der Waals surface area contributed by atoms with E-state index in [1.165, 1.54) is 0 Å². The number of aliphatic imine (C=N–C) groups is 1. The minimum Gasteiger partial charge on any atom is -0.493 e. The minimum atomic E-state index is -0.0646. The van der Waals surface area contributed by atoms with Gasteiger partial charge in [0.05, 0.1) is 34.4 Å². The fraction of sp³-hybridized carbons (Fsp3) is 0.556. The average Bonchev–Trinajstić information content (AvgIpc) is 2.67. The van der Waals surface area contributed by atoms with E-state index in [0.717, 1.165) is 12.0 Å². The predicted octanol–water partition coefficient (Wildman–Crippen LogP) is 1.29. The van der Waals surface area contributed by atoms with Crippen LogP contribution in [0, 0.1) is 0 Å². The topological polar surface area (TPSA) is 93.2 Å². The first-order valence-corrected chi connectivity index (χ1v) is 8.67. The van der Waals surface area contributed by atoms with Gasteiger partial charge in [-0.2, -0.15) is 0 Å². The van der Waals surface area contributed by atoms with Crippen molar-refractivity contribution in [1.82, 2.24) is 16.0 Å². The minimum absolute atomic E-state index is 0.0646. The Hall–Kier alpha value is -2.64. The summed E-state index contributed by atoms with van der Waals surface area (Å²) in [5, 5.41) is 8.95. The summed E-state index contributed by atoms with van der Waals surface area (Å²) >= 11 is 0. The third-order valence-corrected chi connectivity index (χ3v) is 3.48. The van der Waals surface area contributed by atoms with E-state index in [9.17, 15) is 4.79 Å². The number of guanidine groups is 1. The molecule has 0 saturated heterocycles. The van der Waals surface area contributed by atoms with Crippen molar-refractivity contribution in [3.05, 3.63) is 17.7 Å². The van der Waals surface area contributed by atoms with Gasteiger partial charge < -0.3 is 30.2 Å². The molecule has 26 heavy (non-hydrogen) atoms. The maximum Gasteiger partial charge on any atom is 0.239 e. The summed E-state index contributed by atoms with van der Waals surface area (Å²) in [5.41, 5.74) is 0.895. The first-order chi connectivity index (χ1) is 12.6. The lowest BCUT2D eigenvalue weighted by Crippen LogP contribution is -2.43. The number of amides is 1. The predicted molar refractivity (Wildman–Crippen MR) is 102 cm³/mol. The molecule has 0 aliphatic carbocycles. The highest BCUT2D eigenvalue weighted by atomic mass is 16.5. The molecule has 1 aromatic rings. The second-order valence-corrected chi connectivity index (χ2v) is 5.43. The summed E-state index contributed by atoms with van der Waals surface area (Å²) in [5.74, 6) is 2.20. The molecule has 3 N–H and O–H groups in total. The van der Waals surface area contributed by atoms with Crippen LogP contribution in [0.2, 0.25) is 0 Å². The molecule has 0 heterocycles. The van der Waals surface area contributed by atoms with Crippen LogP contribution in [-0.2, 0) is 11.3 Å². The van der Waals surface area contributed by atoms with Crippen molar-refractivity contribution >= 4 is 11.9 Å². The number of hydrogen-bond acceptors (Lipinski definition) is 5. The Bertz CT molecular complexity index is 580. The van der Waals surface area contributed by atoms with E-state index >= 15 is 0 Å². The Balaban J connectivity index is 2.84. The molecule has 0 aromatic heterocycles. The lowest BCUT2D eigenvalue weighted by atomic mass is 10.2. The fourth-order valence-electron chi connectivity index (χ4n) is 2.23. The van der Waals surface area contributed by atoms with Crippen molar-refractivity contribution in [3.63, 3.8) is 0 Å². The van der Waals surface area contributed by atoms with Crippen molar-refractivity contribution in [1.29, 1.82) is 0 Å². The Morgan fingerprint density at radius 2 is 1.65 bits per heavy atom. The normalized spacial score (nSPS) is 10.9. The smallest absolute Gasteiger partial charge is 0.239 e. The van der Waals surface area contributed by atoms with E-state index in [4.69, 9.17) is 14.2 Å². The molecule has 1 aromatic carbocycles. The van der Waals surface area contributed by atoms with Gasteiger partial charge in [-0.3, -0.25) is 4.79 Å². The van der Waals surface area contributed by atoms with Crippen LogP contribution in [0.5, 0.6) is 17.2 Å². The molecular formula is C18H30N4O4. The monoisotopic (exact) mass is 366 g/mol. The first kappa shape index (κ1) is 21.4. The zero-order valence-corrected chi connectivity index (χ0v) is 16.3. The summed E-state index contributed by atoms with van der Waals surface area (Å²) in [6.07, 6.45) is 0.904. The summed E-state index contributed by atoms with van der Waals surface area (Å²) in [4.78, 5) is 16.2. The molecule has 0 aliphatic heterocycles. The van der Waals surface area contributed by atoms with Gasteiger partial charge in [-0.15, -0.1) is 0 Å². The molecule has 1 amide bonds. The molecule has 0 radical (unpaired) electrons. The van der Waals surface area contributed by atoms with Crippen molar-refractivity contribution in [3.8, 4) is 17.2 Å². The number of ether oxygens (including phenoxy) is 3. The highest BCUT2D eigenvalue weighted by Gasteiger charge is 2.13. The Labute approximate surface area is 155 Å². The summed E-state index contributed by atoms with van der Waals surface area (Å²) in [7, 11) is 4.71. The molecule has 1 rings (SSSR count). The zero-order valence-electron chi connectivity index (χ0n) is 16.3. The third kappa shape index (κ3) is 6.70. The van der Waals surface area contributed by atoms with Gasteiger partial charge in [0.15, 0.2) is 17.5 Å². The molecule has 0 spiro atoms. The molecule has 146 valence electrons. The summed E-state index contributed by atoms with van der Waals surface area (Å²) in [6.45, 7) is 5.89. The molecule has 0 aliphatic rings. The standard InChI is InChI=1S/C18H30N4O4/c1-6-8-20-16(23)12-22-18(19-7-2)21-11-13-9-14(24-3)17(26-5)15(10-13)25-4/h9-10H,6-8,11-12H2,1-5H3,(H,20,23)(H2,19,21,22). The van der Waals surface area contributed by atoms with E-state index < -0.39 is 0 Å². The van der Waals surface area contributed by atoms with Crippen molar-refractivity contribution in [2.75, 3.05) is 41.0 Å². The van der Waals surface area contributed by atoms with Crippen LogP contribution in [-0.4, -0.2) is 52.8 Å². The second kappa shape index (κ2) is 11.8. The number of carbonyl (C=O) groups excluding carboxylic acids is 1. The van der Waals surface area contributed by atoms with Gasteiger partial charge >= 0.3 is 0 Å². The molecule has 8 nitrogen and oxygen atoms in total. The van der Waals surface area contributed by atoms with Gasteiger partial charge in [-0.25, -0.2) is 4.99 Å². The molecule has 0 unspecified atom stereocenters. The quantitative estimate of drug-likeness (QED) is 0.427. The van der Waals surface area contributed by atoms with E-state index in [1.54, 1.807) is 21.3 Å². The van der Waals surface area contributed by atoms with Crippen LogP contribution in [0.15, 0.2) is 17.1 Å². The van der Waals surface area contributed by atoms with Crippen molar-refractivity contribution in [2.24, 2.45) is 4.99 Å². The number of benzene rings is 1. The van der Waals surface area contributed by atoms with Crippen LogP contribution in [0.3, 0.4) is 0 Å². The largest absolute Gasteiger partial charge is 0.493 e. The van der Waals surface area contributed by atoms with Crippen LogP contribution in [0.4, 0.5) is 0 Å². The maximum atomic E-state index is 11.7. The molecule has 0 saturated carbocycles. The van der Waals surface area contributed by atoms with Crippen LogP contribution < -0.4 is 30.2 Å². The number of carbonyl (C=O) groups is 1. The van der Waals surface area contributed by atoms with Crippen molar-refractivity contribution in [2.45, 2.75) is 26.8 Å². The van der Waals surface area contributed by atoms with E-state index in [-0.39, 0.29) is 12.5 Å². The summed E-state index contributed by atoms with van der Waals surface area (Å²) in [6, 6.07) is 3.70.